The molecule has 1 aliphatic rings. The van der Waals surface area contributed by atoms with E-state index >= 15 is 0 Å². The Hall–Kier alpha value is -2.25. The molecule has 1 saturated heterocycles. The van der Waals surface area contributed by atoms with Crippen LogP contribution in [0.15, 0.2) is 35.3 Å². The Bertz CT molecular complexity index is 760. The second-order valence-corrected chi connectivity index (χ2v) is 6.13. The molecule has 2 aromatic rings. The number of benzene rings is 1. The van der Waals surface area contributed by atoms with Crippen molar-refractivity contribution in [1.29, 1.82) is 0 Å². The lowest BCUT2D eigenvalue weighted by molar-refractivity contribution is 0.196. The van der Waals surface area contributed by atoms with E-state index in [2.05, 4.69) is 15.1 Å². The zero-order valence-corrected chi connectivity index (χ0v) is 14.8. The van der Waals surface area contributed by atoms with E-state index in [0.29, 0.717) is 17.3 Å². The molecule has 1 aromatic carbocycles. The summed E-state index contributed by atoms with van der Waals surface area (Å²) in [5.41, 5.74) is 0.252. The van der Waals surface area contributed by atoms with Crippen molar-refractivity contribution >= 4 is 17.3 Å². The summed E-state index contributed by atoms with van der Waals surface area (Å²) in [5, 5.41) is 6.53. The number of ether oxygens (including phenoxy) is 2. The Morgan fingerprint density at radius 3 is 2.60 bits per heavy atom. The van der Waals surface area contributed by atoms with Gasteiger partial charge in [0.2, 0.25) is 0 Å². The maximum Gasteiger partial charge on any atom is 0.289 e. The summed E-state index contributed by atoms with van der Waals surface area (Å²) in [6.45, 7) is 4.55. The largest absolute Gasteiger partial charge is 0.493 e. The molecule has 0 amide bonds. The van der Waals surface area contributed by atoms with Crippen LogP contribution in [-0.2, 0) is 0 Å². The zero-order valence-electron chi connectivity index (χ0n) is 14.1. The van der Waals surface area contributed by atoms with Crippen LogP contribution in [0.1, 0.15) is 0 Å². The molecule has 1 N–H and O–H groups in total. The fourth-order valence-corrected chi connectivity index (χ4v) is 3.14. The Labute approximate surface area is 151 Å². The topological polar surface area (TPSA) is 70.7 Å². The first-order valence-electron chi connectivity index (χ1n) is 8.15. The smallest absolute Gasteiger partial charge is 0.289 e. The van der Waals surface area contributed by atoms with E-state index in [9.17, 15) is 4.79 Å². The third-order valence-corrected chi connectivity index (χ3v) is 4.48. The lowest BCUT2D eigenvalue weighted by Gasteiger charge is -2.35. The third-order valence-electron chi connectivity index (χ3n) is 4.21. The van der Waals surface area contributed by atoms with Crippen molar-refractivity contribution in [3.8, 4) is 11.5 Å². The number of halogens is 1. The van der Waals surface area contributed by atoms with Crippen LogP contribution in [-0.4, -0.2) is 61.5 Å². The van der Waals surface area contributed by atoms with Gasteiger partial charge in [-0.25, -0.2) is 5.10 Å². The average Bonchev–Trinajstić information content (AvgIpc) is 2.63. The van der Waals surface area contributed by atoms with Gasteiger partial charge < -0.3 is 14.4 Å². The summed E-state index contributed by atoms with van der Waals surface area (Å²) in [6, 6.07) is 7.61. The molecule has 0 radical (unpaired) electrons. The molecule has 0 bridgehead atoms. The van der Waals surface area contributed by atoms with E-state index in [0.717, 1.165) is 44.2 Å². The lowest BCUT2D eigenvalue weighted by Crippen LogP contribution is -2.49. The Morgan fingerprint density at radius 2 is 1.92 bits per heavy atom. The molecule has 2 heterocycles. The molecular weight excluding hydrogens is 344 g/mol. The predicted octanol–water partition coefficient (Wildman–Crippen LogP) is 1.63. The number of nitrogens with zero attached hydrogens (tertiary/aromatic N) is 3. The van der Waals surface area contributed by atoms with Gasteiger partial charge in [-0.3, -0.25) is 9.69 Å². The minimum atomic E-state index is -0.250. The molecule has 0 aliphatic carbocycles. The predicted molar refractivity (Wildman–Crippen MR) is 97.0 cm³/mol. The summed E-state index contributed by atoms with van der Waals surface area (Å²) in [4.78, 5) is 16.2. The van der Waals surface area contributed by atoms with E-state index in [1.165, 1.54) is 6.20 Å². The number of piperazine rings is 1. The quantitative estimate of drug-likeness (QED) is 0.840. The maximum absolute atomic E-state index is 11.9. The van der Waals surface area contributed by atoms with E-state index in [4.69, 9.17) is 21.1 Å². The summed E-state index contributed by atoms with van der Waals surface area (Å²) in [5.74, 6) is 1.48. The first kappa shape index (κ1) is 17.6. The standard InChI is InChI=1S/C17H21ClN4O3/c1-24-14-4-2-3-5-15(14)25-11-10-21-6-8-22(9-7-21)16-13(18)12-19-20-17(16)23/h2-5,12H,6-11H2,1H3,(H,20,23). The number of anilines is 1. The van der Waals surface area contributed by atoms with Gasteiger partial charge in [-0.2, -0.15) is 5.10 Å². The molecule has 0 unspecified atom stereocenters. The highest BCUT2D eigenvalue weighted by Gasteiger charge is 2.21. The number of aromatic nitrogens is 2. The van der Waals surface area contributed by atoms with Crippen LogP contribution < -0.4 is 19.9 Å². The number of hydrogen-bond donors (Lipinski definition) is 1. The van der Waals surface area contributed by atoms with Gasteiger partial charge in [0.25, 0.3) is 5.56 Å². The monoisotopic (exact) mass is 364 g/mol. The Balaban J connectivity index is 1.49. The highest BCUT2D eigenvalue weighted by Crippen LogP contribution is 2.25. The summed E-state index contributed by atoms with van der Waals surface area (Å²) < 4.78 is 11.1. The number of aromatic amines is 1. The molecule has 3 rings (SSSR count). The van der Waals surface area contributed by atoms with Crippen LogP contribution in [0.3, 0.4) is 0 Å². The van der Waals surface area contributed by atoms with E-state index in [1.807, 2.05) is 29.2 Å². The first-order chi connectivity index (χ1) is 12.2. The fourth-order valence-electron chi connectivity index (χ4n) is 2.88. The second kappa shape index (κ2) is 8.22. The molecule has 0 spiro atoms. The van der Waals surface area contributed by atoms with Crippen molar-refractivity contribution in [1.82, 2.24) is 15.1 Å². The summed E-state index contributed by atoms with van der Waals surface area (Å²) in [7, 11) is 1.63. The molecule has 7 nitrogen and oxygen atoms in total. The first-order valence-corrected chi connectivity index (χ1v) is 8.53. The van der Waals surface area contributed by atoms with Crippen molar-refractivity contribution < 1.29 is 9.47 Å². The van der Waals surface area contributed by atoms with Gasteiger partial charge in [-0.15, -0.1) is 0 Å². The van der Waals surface area contributed by atoms with Gasteiger partial charge in [0.1, 0.15) is 12.3 Å². The molecule has 8 heteroatoms. The molecule has 25 heavy (non-hydrogen) atoms. The Morgan fingerprint density at radius 1 is 1.20 bits per heavy atom. The maximum atomic E-state index is 11.9. The number of rotatable bonds is 6. The molecule has 0 atom stereocenters. The van der Waals surface area contributed by atoms with Crippen LogP contribution in [0.4, 0.5) is 5.69 Å². The van der Waals surface area contributed by atoms with Gasteiger partial charge in [0.05, 0.1) is 18.3 Å². The number of para-hydroxylation sites is 2. The molecular formula is C17H21ClN4O3. The minimum absolute atomic E-state index is 0.250. The fraction of sp³-hybridized carbons (Fsp3) is 0.412. The molecule has 134 valence electrons. The minimum Gasteiger partial charge on any atom is -0.493 e. The lowest BCUT2D eigenvalue weighted by atomic mass is 10.3. The van der Waals surface area contributed by atoms with Gasteiger partial charge in [-0.05, 0) is 12.1 Å². The van der Waals surface area contributed by atoms with Crippen molar-refractivity contribution in [2.75, 3.05) is 51.3 Å². The van der Waals surface area contributed by atoms with Crippen LogP contribution in [0.2, 0.25) is 5.02 Å². The van der Waals surface area contributed by atoms with Crippen LogP contribution in [0, 0.1) is 0 Å². The Kier molecular flexibility index (Phi) is 5.78. The van der Waals surface area contributed by atoms with Crippen molar-refractivity contribution in [3.05, 3.63) is 45.8 Å². The molecule has 1 fully saturated rings. The van der Waals surface area contributed by atoms with Crippen LogP contribution >= 0.6 is 11.6 Å². The van der Waals surface area contributed by atoms with E-state index in [1.54, 1.807) is 7.11 Å². The SMILES string of the molecule is COc1ccccc1OCCN1CCN(c2c(Cl)cn[nH]c2=O)CC1. The summed E-state index contributed by atoms with van der Waals surface area (Å²) >= 11 is 6.11. The average molecular weight is 365 g/mol. The van der Waals surface area contributed by atoms with Gasteiger partial charge >= 0.3 is 0 Å². The van der Waals surface area contributed by atoms with E-state index < -0.39 is 0 Å². The highest BCUT2D eigenvalue weighted by molar-refractivity contribution is 6.33. The van der Waals surface area contributed by atoms with Crippen molar-refractivity contribution in [2.45, 2.75) is 0 Å². The van der Waals surface area contributed by atoms with Gasteiger partial charge in [0.15, 0.2) is 11.5 Å². The third kappa shape index (κ3) is 4.24. The second-order valence-electron chi connectivity index (χ2n) is 5.72. The molecule has 0 saturated carbocycles. The molecule has 1 aromatic heterocycles. The number of nitrogens with one attached hydrogen (secondary N) is 1. The number of methoxy groups -OCH3 is 1. The molecule has 1 aliphatic heterocycles. The van der Waals surface area contributed by atoms with Crippen molar-refractivity contribution in [2.24, 2.45) is 0 Å². The van der Waals surface area contributed by atoms with Gasteiger partial charge in [-0.1, -0.05) is 23.7 Å². The summed E-state index contributed by atoms with van der Waals surface area (Å²) in [6.07, 6.45) is 1.46. The van der Waals surface area contributed by atoms with E-state index in [-0.39, 0.29) is 5.56 Å². The normalized spacial score (nSPS) is 15.2. The van der Waals surface area contributed by atoms with Gasteiger partial charge in [0, 0.05) is 32.7 Å². The van der Waals surface area contributed by atoms with Crippen LogP contribution in [0.5, 0.6) is 11.5 Å². The van der Waals surface area contributed by atoms with Crippen molar-refractivity contribution in [3.63, 3.8) is 0 Å². The van der Waals surface area contributed by atoms with Crippen LogP contribution in [0.25, 0.3) is 0 Å². The number of H-pyrrole nitrogens is 1. The number of hydrogen-bond acceptors (Lipinski definition) is 6. The highest BCUT2D eigenvalue weighted by atomic mass is 35.5. The zero-order chi connectivity index (χ0) is 17.6.